The number of hydrogen-bond donors (Lipinski definition) is 0. The Kier molecular flexibility index (Phi) is 1.31. The van der Waals surface area contributed by atoms with Gasteiger partial charge in [-0.25, -0.2) is 4.98 Å². The maximum atomic E-state index is 11.1. The highest BCUT2D eigenvalue weighted by Gasteiger charge is 2.25. The zero-order valence-corrected chi connectivity index (χ0v) is 6.45. The minimum atomic E-state index is 0.583. The lowest BCUT2D eigenvalue weighted by atomic mass is 10.1. The summed E-state index contributed by atoms with van der Waals surface area (Å²) in [6, 6.07) is 0. The van der Waals surface area contributed by atoms with Crippen LogP contribution in [0.25, 0.3) is 0 Å². The van der Waals surface area contributed by atoms with E-state index in [-0.39, 0.29) is 0 Å². The van der Waals surface area contributed by atoms with Crippen LogP contribution in [0.2, 0.25) is 0 Å². The molecule has 1 atom stereocenters. The smallest absolute Gasteiger partial charge is 0.214 e. The summed E-state index contributed by atoms with van der Waals surface area (Å²) < 4.78 is 0.936. The third-order valence-corrected chi connectivity index (χ3v) is 2.12. The minimum Gasteiger partial charge on any atom is -0.618 e. The lowest BCUT2D eigenvalue weighted by Crippen LogP contribution is -2.31. The van der Waals surface area contributed by atoms with Gasteiger partial charge in [-0.15, -0.1) is 0 Å². The molecule has 0 aliphatic heterocycles. The van der Waals surface area contributed by atoms with E-state index in [0.717, 1.165) is 29.0 Å². The highest BCUT2D eigenvalue weighted by Crippen LogP contribution is 2.20. The van der Waals surface area contributed by atoms with Crippen molar-refractivity contribution in [3.05, 3.63) is 29.0 Å². The van der Waals surface area contributed by atoms with Crippen LogP contribution in [0.15, 0.2) is 12.4 Å². The molecule has 1 unspecified atom stereocenters. The van der Waals surface area contributed by atoms with E-state index in [1.807, 2.05) is 0 Å². The third kappa shape index (κ3) is 0.964. The van der Waals surface area contributed by atoms with Gasteiger partial charge in [0.1, 0.15) is 5.69 Å². The average Bonchev–Trinajstić information content (AvgIpc) is 2.31. The minimum absolute atomic E-state index is 0.583. The Balaban J connectivity index is 2.49. The molecule has 0 saturated heterocycles. The molecule has 0 bridgehead atoms. The van der Waals surface area contributed by atoms with Crippen LogP contribution in [0.1, 0.15) is 18.3 Å². The van der Waals surface area contributed by atoms with Crippen LogP contribution in [0.4, 0.5) is 0 Å². The van der Waals surface area contributed by atoms with Crippen molar-refractivity contribution in [1.29, 1.82) is 0 Å². The monoisotopic (exact) mass is 150 g/mol. The summed E-state index contributed by atoms with van der Waals surface area (Å²) in [5.41, 5.74) is 1.84. The fourth-order valence-electron chi connectivity index (χ4n) is 1.59. The highest BCUT2D eigenvalue weighted by molar-refractivity contribution is 5.13. The van der Waals surface area contributed by atoms with Gasteiger partial charge in [0.25, 0.3) is 0 Å². The quantitative estimate of drug-likeness (QED) is 0.398. The van der Waals surface area contributed by atoms with E-state index in [1.165, 1.54) is 6.20 Å². The van der Waals surface area contributed by atoms with Gasteiger partial charge in [0.2, 0.25) is 5.69 Å². The van der Waals surface area contributed by atoms with Crippen molar-refractivity contribution in [2.45, 2.75) is 19.8 Å². The van der Waals surface area contributed by atoms with Crippen LogP contribution >= 0.6 is 0 Å². The van der Waals surface area contributed by atoms with E-state index in [9.17, 15) is 5.21 Å². The SMILES string of the molecule is CC1Cc2ncc[n+]([O-])c2C1. The summed E-state index contributed by atoms with van der Waals surface area (Å²) in [5.74, 6) is 0.583. The molecular formula is C8H10N2O. The van der Waals surface area contributed by atoms with Crippen LogP contribution in [0.5, 0.6) is 0 Å². The molecule has 0 amide bonds. The van der Waals surface area contributed by atoms with Gasteiger partial charge in [-0.05, 0) is 12.3 Å². The number of fused-ring (bicyclic) bond motifs is 1. The highest BCUT2D eigenvalue weighted by atomic mass is 16.5. The summed E-state index contributed by atoms with van der Waals surface area (Å²) in [6.45, 7) is 2.14. The molecule has 3 nitrogen and oxygen atoms in total. The molecule has 0 fully saturated rings. The average molecular weight is 150 g/mol. The topological polar surface area (TPSA) is 39.8 Å². The molecule has 1 aromatic heterocycles. The van der Waals surface area contributed by atoms with Crippen LogP contribution in [-0.2, 0) is 12.8 Å². The predicted octanol–water partition coefficient (Wildman–Crippen LogP) is 0.450. The van der Waals surface area contributed by atoms with Crippen LogP contribution in [0, 0.1) is 11.1 Å². The lowest BCUT2D eigenvalue weighted by molar-refractivity contribution is -0.614. The molecule has 3 heteroatoms. The molecule has 0 radical (unpaired) electrons. The van der Waals surface area contributed by atoms with Gasteiger partial charge in [0.15, 0.2) is 6.20 Å². The van der Waals surface area contributed by atoms with Crippen molar-refractivity contribution in [1.82, 2.24) is 4.98 Å². The molecule has 0 N–H and O–H groups in total. The number of hydrogen-bond acceptors (Lipinski definition) is 2. The summed E-state index contributed by atoms with van der Waals surface area (Å²) in [7, 11) is 0. The largest absolute Gasteiger partial charge is 0.618 e. The summed E-state index contributed by atoms with van der Waals surface area (Å²) in [5, 5.41) is 11.1. The van der Waals surface area contributed by atoms with Gasteiger partial charge in [-0.2, -0.15) is 4.73 Å². The summed E-state index contributed by atoms with van der Waals surface area (Å²) >= 11 is 0. The summed E-state index contributed by atoms with van der Waals surface area (Å²) in [4.78, 5) is 4.15. The molecule has 58 valence electrons. The first-order valence-electron chi connectivity index (χ1n) is 3.83. The summed E-state index contributed by atoms with van der Waals surface area (Å²) in [6.07, 6.45) is 4.88. The van der Waals surface area contributed by atoms with Crippen molar-refractivity contribution in [3.63, 3.8) is 0 Å². The normalized spacial score (nSPS) is 21.7. The van der Waals surface area contributed by atoms with Crippen LogP contribution in [0.3, 0.4) is 0 Å². The molecule has 1 aliphatic rings. The standard InChI is InChI=1S/C8H10N2O/c1-6-4-7-8(5-6)10(11)3-2-9-7/h2-3,6H,4-5H2,1H3. The van der Waals surface area contributed by atoms with E-state index in [2.05, 4.69) is 11.9 Å². The predicted molar refractivity (Wildman–Crippen MR) is 39.8 cm³/mol. The van der Waals surface area contributed by atoms with Crippen LogP contribution < -0.4 is 4.73 Å². The maximum absolute atomic E-state index is 11.1. The first kappa shape index (κ1) is 6.58. The Morgan fingerprint density at radius 1 is 1.64 bits per heavy atom. The zero-order valence-electron chi connectivity index (χ0n) is 6.45. The first-order valence-corrected chi connectivity index (χ1v) is 3.83. The molecule has 0 saturated carbocycles. The molecule has 1 aliphatic carbocycles. The second kappa shape index (κ2) is 2.19. The Bertz CT molecular complexity index is 285. The van der Waals surface area contributed by atoms with Gasteiger partial charge in [-0.1, -0.05) is 6.92 Å². The Hall–Kier alpha value is -1.12. The van der Waals surface area contributed by atoms with Crippen molar-refractivity contribution >= 4 is 0 Å². The Morgan fingerprint density at radius 2 is 2.45 bits per heavy atom. The van der Waals surface area contributed by atoms with Gasteiger partial charge < -0.3 is 5.21 Å². The third-order valence-electron chi connectivity index (χ3n) is 2.12. The zero-order chi connectivity index (χ0) is 7.84. The van der Waals surface area contributed by atoms with E-state index < -0.39 is 0 Å². The lowest BCUT2D eigenvalue weighted by Gasteiger charge is -1.99. The van der Waals surface area contributed by atoms with E-state index in [0.29, 0.717) is 5.92 Å². The van der Waals surface area contributed by atoms with Crippen molar-refractivity contribution in [3.8, 4) is 0 Å². The molecule has 1 heterocycles. The molecule has 11 heavy (non-hydrogen) atoms. The fourth-order valence-corrected chi connectivity index (χ4v) is 1.59. The molecular weight excluding hydrogens is 140 g/mol. The van der Waals surface area contributed by atoms with E-state index in [1.54, 1.807) is 6.20 Å². The fraction of sp³-hybridized carbons (Fsp3) is 0.500. The maximum Gasteiger partial charge on any atom is 0.214 e. The van der Waals surface area contributed by atoms with Crippen LogP contribution in [-0.4, -0.2) is 4.98 Å². The van der Waals surface area contributed by atoms with Gasteiger partial charge >= 0.3 is 0 Å². The Labute approximate surface area is 65.3 Å². The van der Waals surface area contributed by atoms with Gasteiger partial charge in [0.05, 0.1) is 6.20 Å². The second-order valence-corrected chi connectivity index (χ2v) is 3.16. The number of nitrogens with zero attached hydrogens (tertiary/aromatic N) is 2. The molecule has 2 rings (SSSR count). The molecule has 1 aromatic rings. The second-order valence-electron chi connectivity index (χ2n) is 3.16. The number of rotatable bonds is 0. The van der Waals surface area contributed by atoms with E-state index >= 15 is 0 Å². The molecule has 0 spiro atoms. The van der Waals surface area contributed by atoms with Crippen molar-refractivity contribution in [2.75, 3.05) is 0 Å². The first-order chi connectivity index (χ1) is 5.27. The number of aromatic nitrogens is 2. The van der Waals surface area contributed by atoms with Gasteiger partial charge in [-0.3, -0.25) is 0 Å². The van der Waals surface area contributed by atoms with Gasteiger partial charge in [0, 0.05) is 6.42 Å². The van der Waals surface area contributed by atoms with Crippen molar-refractivity contribution < 1.29 is 4.73 Å². The van der Waals surface area contributed by atoms with E-state index in [4.69, 9.17) is 0 Å². The Morgan fingerprint density at radius 3 is 3.18 bits per heavy atom. The molecule has 0 aromatic carbocycles. The van der Waals surface area contributed by atoms with Crippen molar-refractivity contribution in [2.24, 2.45) is 5.92 Å².